The molecule has 0 amide bonds. The van der Waals surface area contributed by atoms with Crippen molar-refractivity contribution in [3.63, 3.8) is 0 Å². The summed E-state index contributed by atoms with van der Waals surface area (Å²) in [6, 6.07) is 0. The minimum atomic E-state index is -0.123. The Morgan fingerprint density at radius 3 is 2.76 bits per heavy atom. The van der Waals surface area contributed by atoms with Crippen molar-refractivity contribution in [1.82, 2.24) is 0 Å². The minimum Gasteiger partial charge on any atom is -0.396 e. The van der Waals surface area contributed by atoms with Crippen LogP contribution in [0.4, 0.5) is 0 Å². The molecule has 0 unspecified atom stereocenters. The molecule has 0 radical (unpaired) electrons. The molecule has 7 atom stereocenters. The molecule has 4 fully saturated rings. The average molecular weight is 344 g/mol. The van der Waals surface area contributed by atoms with Gasteiger partial charge < -0.3 is 10.2 Å². The molecule has 0 bridgehead atoms. The lowest BCUT2D eigenvalue weighted by Gasteiger charge is -2.61. The van der Waals surface area contributed by atoms with Crippen molar-refractivity contribution in [2.45, 2.75) is 77.2 Å². The van der Waals surface area contributed by atoms with Gasteiger partial charge in [-0.05, 0) is 98.7 Å². The van der Waals surface area contributed by atoms with Gasteiger partial charge in [0.1, 0.15) is 0 Å². The number of rotatable bonds is 2. The first-order valence-electron chi connectivity index (χ1n) is 10.4. The zero-order valence-electron chi connectivity index (χ0n) is 15.6. The lowest BCUT2D eigenvalue weighted by atomic mass is 9.44. The molecule has 25 heavy (non-hydrogen) atoms. The quantitative estimate of drug-likeness (QED) is 0.722. The van der Waals surface area contributed by atoms with Gasteiger partial charge in [-0.25, -0.2) is 4.85 Å². The van der Waals surface area contributed by atoms with Crippen LogP contribution in [0.5, 0.6) is 0 Å². The van der Waals surface area contributed by atoms with Gasteiger partial charge >= 0.3 is 0 Å². The third kappa shape index (κ3) is 2.52. The SMILES string of the molecule is [C-]#[N+]/C=C1/CC[C@H]2[C@@H]3CC[C@H]4C[C@H](O)CC[C@]4(CCO)[C@H]3CC[C@]12C. The molecular weight excluding hydrogens is 310 g/mol. The van der Waals surface area contributed by atoms with Crippen molar-refractivity contribution in [3.8, 4) is 0 Å². The maximum Gasteiger partial charge on any atom is 0.154 e. The number of hydrogen-bond acceptors (Lipinski definition) is 2. The predicted molar refractivity (Wildman–Crippen MR) is 98.4 cm³/mol. The van der Waals surface area contributed by atoms with Crippen molar-refractivity contribution in [1.29, 1.82) is 0 Å². The number of fused-ring (bicyclic) bond motifs is 5. The number of aliphatic hydroxyl groups excluding tert-OH is 2. The predicted octanol–water partition coefficient (Wildman–Crippen LogP) is 4.56. The molecule has 138 valence electrons. The molecule has 0 heterocycles. The highest BCUT2D eigenvalue weighted by molar-refractivity contribution is 5.25. The van der Waals surface area contributed by atoms with Crippen LogP contribution >= 0.6 is 0 Å². The molecule has 4 aliphatic rings. The first-order chi connectivity index (χ1) is 12.0. The van der Waals surface area contributed by atoms with Crippen LogP contribution in [0.2, 0.25) is 0 Å². The van der Waals surface area contributed by atoms with Gasteiger partial charge in [0.05, 0.1) is 12.7 Å². The minimum absolute atomic E-state index is 0.123. The highest BCUT2D eigenvalue weighted by Crippen LogP contribution is 2.68. The fraction of sp³-hybridized carbons (Fsp3) is 0.864. The Morgan fingerprint density at radius 2 is 2.00 bits per heavy atom. The summed E-state index contributed by atoms with van der Waals surface area (Å²) in [5, 5.41) is 20.1. The molecule has 0 aromatic heterocycles. The highest BCUT2D eigenvalue weighted by Gasteiger charge is 2.59. The van der Waals surface area contributed by atoms with Gasteiger partial charge in [0.25, 0.3) is 0 Å². The Morgan fingerprint density at radius 1 is 1.16 bits per heavy atom. The van der Waals surface area contributed by atoms with E-state index in [2.05, 4.69) is 11.8 Å². The van der Waals surface area contributed by atoms with E-state index in [4.69, 9.17) is 6.57 Å². The molecule has 4 saturated carbocycles. The van der Waals surface area contributed by atoms with Crippen LogP contribution < -0.4 is 0 Å². The van der Waals surface area contributed by atoms with Crippen molar-refractivity contribution in [3.05, 3.63) is 23.2 Å². The number of aliphatic hydroxyl groups is 2. The zero-order valence-corrected chi connectivity index (χ0v) is 15.6. The molecule has 0 aromatic rings. The summed E-state index contributed by atoms with van der Waals surface area (Å²) >= 11 is 0. The van der Waals surface area contributed by atoms with Crippen molar-refractivity contribution in [2.24, 2.45) is 34.5 Å². The average Bonchev–Trinajstić information content (AvgIpc) is 2.93. The molecule has 2 N–H and O–H groups in total. The zero-order chi connectivity index (χ0) is 17.7. The lowest BCUT2D eigenvalue weighted by Crippen LogP contribution is -2.55. The van der Waals surface area contributed by atoms with Gasteiger partial charge in [-0.2, -0.15) is 0 Å². The monoisotopic (exact) mass is 343 g/mol. The van der Waals surface area contributed by atoms with Gasteiger partial charge in [0, 0.05) is 6.61 Å². The summed E-state index contributed by atoms with van der Waals surface area (Å²) in [4.78, 5) is 3.60. The Kier molecular flexibility index (Phi) is 4.49. The second-order valence-corrected chi connectivity index (χ2v) is 9.56. The third-order valence-electron chi connectivity index (χ3n) is 8.98. The molecule has 4 aliphatic carbocycles. The van der Waals surface area contributed by atoms with E-state index in [1.807, 2.05) is 6.20 Å². The summed E-state index contributed by atoms with van der Waals surface area (Å²) in [6.07, 6.45) is 13.0. The highest BCUT2D eigenvalue weighted by atomic mass is 16.3. The normalized spacial score (nSPS) is 50.6. The maximum absolute atomic E-state index is 10.2. The molecule has 3 nitrogen and oxygen atoms in total. The van der Waals surface area contributed by atoms with Crippen LogP contribution in [0.25, 0.3) is 4.85 Å². The first-order valence-corrected chi connectivity index (χ1v) is 10.4. The van der Waals surface area contributed by atoms with E-state index in [1.165, 1.54) is 37.7 Å². The standard InChI is InChI=1S/C22H33NO2/c1-21-9-8-20-18(19(21)6-4-16(21)14-23-2)5-3-15-13-17(25)7-10-22(15,20)11-12-24/h14-15,17-20,24-25H,3-13H2,1H3/b16-14-/t15-,17+,18-,19-,20-,21+,22+/m0/s1. The van der Waals surface area contributed by atoms with E-state index < -0.39 is 0 Å². The van der Waals surface area contributed by atoms with Crippen molar-refractivity contribution >= 4 is 0 Å². The van der Waals surface area contributed by atoms with Crippen LogP contribution in [-0.4, -0.2) is 22.9 Å². The van der Waals surface area contributed by atoms with E-state index in [9.17, 15) is 10.2 Å². The number of nitrogens with zero attached hydrogens (tertiary/aromatic N) is 1. The second kappa shape index (κ2) is 6.39. The van der Waals surface area contributed by atoms with E-state index in [0.29, 0.717) is 12.5 Å². The molecule has 0 aliphatic heterocycles. The topological polar surface area (TPSA) is 44.8 Å². The van der Waals surface area contributed by atoms with Crippen LogP contribution in [0, 0.1) is 41.1 Å². The van der Waals surface area contributed by atoms with Gasteiger partial charge in [-0.3, -0.25) is 0 Å². The van der Waals surface area contributed by atoms with Crippen LogP contribution in [0.3, 0.4) is 0 Å². The molecule has 0 spiro atoms. The molecule has 0 saturated heterocycles. The molecule has 4 rings (SSSR count). The Hall–Kier alpha value is -0.850. The smallest absolute Gasteiger partial charge is 0.154 e. The van der Waals surface area contributed by atoms with Gasteiger partial charge in [0.15, 0.2) is 6.20 Å². The fourth-order valence-corrected chi connectivity index (χ4v) is 7.87. The summed E-state index contributed by atoms with van der Waals surface area (Å²) in [5.74, 6) is 2.81. The third-order valence-corrected chi connectivity index (χ3v) is 8.98. The summed E-state index contributed by atoms with van der Waals surface area (Å²) in [6.45, 7) is 9.98. The van der Waals surface area contributed by atoms with Gasteiger partial charge in [-0.1, -0.05) is 12.5 Å². The Labute approximate surface area is 152 Å². The van der Waals surface area contributed by atoms with Crippen LogP contribution in [-0.2, 0) is 0 Å². The lowest BCUT2D eigenvalue weighted by molar-refractivity contribution is -0.134. The number of hydrogen-bond donors (Lipinski definition) is 2. The Bertz CT molecular complexity index is 593. The van der Waals surface area contributed by atoms with E-state index in [1.54, 1.807) is 0 Å². The largest absolute Gasteiger partial charge is 0.396 e. The summed E-state index contributed by atoms with van der Waals surface area (Å²) in [5.41, 5.74) is 1.92. The molecule has 3 heteroatoms. The van der Waals surface area contributed by atoms with Gasteiger partial charge in [-0.15, -0.1) is 0 Å². The first kappa shape index (κ1) is 17.6. The number of allylic oxidation sites excluding steroid dienone is 1. The van der Waals surface area contributed by atoms with Gasteiger partial charge in [0.2, 0.25) is 0 Å². The van der Waals surface area contributed by atoms with Crippen LogP contribution in [0.15, 0.2) is 11.8 Å². The second-order valence-electron chi connectivity index (χ2n) is 9.56. The van der Waals surface area contributed by atoms with E-state index in [-0.39, 0.29) is 16.9 Å². The van der Waals surface area contributed by atoms with E-state index in [0.717, 1.165) is 49.9 Å². The van der Waals surface area contributed by atoms with E-state index >= 15 is 0 Å². The molecular formula is C22H33NO2. The summed E-state index contributed by atoms with van der Waals surface area (Å²) < 4.78 is 0. The van der Waals surface area contributed by atoms with Crippen molar-refractivity contribution in [2.75, 3.05) is 6.61 Å². The fourth-order valence-electron chi connectivity index (χ4n) is 7.87. The van der Waals surface area contributed by atoms with Crippen molar-refractivity contribution < 1.29 is 10.2 Å². The van der Waals surface area contributed by atoms with Crippen LogP contribution in [0.1, 0.15) is 71.1 Å². The summed E-state index contributed by atoms with van der Waals surface area (Å²) in [7, 11) is 0. The Balaban J connectivity index is 1.66. The maximum atomic E-state index is 10.2. The molecule has 0 aromatic carbocycles.